The molecule has 0 aromatic heterocycles. The van der Waals surface area contributed by atoms with Crippen LogP contribution in [0.25, 0.3) is 0 Å². The van der Waals surface area contributed by atoms with Crippen molar-refractivity contribution in [3.8, 4) is 0 Å². The first-order chi connectivity index (χ1) is 9.97. The third-order valence-corrected chi connectivity index (χ3v) is 5.17. The minimum atomic E-state index is -0.284. The van der Waals surface area contributed by atoms with Gasteiger partial charge in [0.15, 0.2) is 0 Å². The van der Waals surface area contributed by atoms with Crippen LogP contribution in [0.3, 0.4) is 0 Å². The summed E-state index contributed by atoms with van der Waals surface area (Å²) in [4.78, 5) is 4.78. The molecule has 3 nitrogen and oxygen atoms in total. The van der Waals surface area contributed by atoms with Gasteiger partial charge < -0.3 is 14.8 Å². The van der Waals surface area contributed by atoms with Crippen molar-refractivity contribution in [3.05, 3.63) is 53.7 Å². The highest BCUT2D eigenvalue weighted by molar-refractivity contribution is 7.99. The van der Waals surface area contributed by atoms with Crippen LogP contribution >= 0.6 is 11.8 Å². The van der Waals surface area contributed by atoms with E-state index in [9.17, 15) is 5.21 Å². The first kappa shape index (κ1) is 14.4. The number of anilines is 2. The Balaban J connectivity index is 2.03. The maximum Gasteiger partial charge on any atom is 0.104 e. The molecule has 1 unspecified atom stereocenters. The zero-order valence-electron chi connectivity index (χ0n) is 12.6. The maximum absolute atomic E-state index is 12.2. The lowest BCUT2D eigenvalue weighted by molar-refractivity contribution is -0.862. The highest BCUT2D eigenvalue weighted by atomic mass is 32.2. The summed E-state index contributed by atoms with van der Waals surface area (Å²) in [5.74, 6) is 0. The van der Waals surface area contributed by atoms with Crippen LogP contribution in [0.2, 0.25) is 0 Å². The molecule has 1 atom stereocenters. The summed E-state index contributed by atoms with van der Waals surface area (Å²) in [6, 6.07) is 16.8. The Morgan fingerprint density at radius 2 is 1.48 bits per heavy atom. The third kappa shape index (κ3) is 2.79. The van der Waals surface area contributed by atoms with Crippen LogP contribution in [-0.2, 0) is 0 Å². The third-order valence-electron chi connectivity index (χ3n) is 4.04. The number of likely N-dealkylation sites (N-methyl/N-ethyl adjacent to an activating group) is 1. The van der Waals surface area contributed by atoms with Crippen LogP contribution < -0.4 is 4.90 Å². The molecule has 0 fully saturated rings. The van der Waals surface area contributed by atoms with Gasteiger partial charge in [0, 0.05) is 9.79 Å². The fraction of sp³-hybridized carbons (Fsp3) is 0.294. The summed E-state index contributed by atoms with van der Waals surface area (Å²) in [6.07, 6.45) is 0. The van der Waals surface area contributed by atoms with Gasteiger partial charge in [0.25, 0.3) is 0 Å². The molecule has 3 rings (SSSR count). The molecule has 1 heterocycles. The maximum atomic E-state index is 12.2. The van der Waals surface area contributed by atoms with Crippen molar-refractivity contribution in [2.75, 3.05) is 25.5 Å². The number of hydroxylamine groups is 3. The van der Waals surface area contributed by atoms with E-state index in [-0.39, 0.29) is 10.7 Å². The van der Waals surface area contributed by atoms with Crippen molar-refractivity contribution >= 4 is 23.1 Å². The second-order valence-electron chi connectivity index (χ2n) is 5.93. The number of para-hydroxylation sites is 2. The lowest BCUT2D eigenvalue weighted by Crippen LogP contribution is -2.47. The zero-order chi connectivity index (χ0) is 15.0. The van der Waals surface area contributed by atoms with Gasteiger partial charge in [0.2, 0.25) is 0 Å². The molecule has 0 spiro atoms. The Labute approximate surface area is 130 Å². The van der Waals surface area contributed by atoms with E-state index in [0.717, 1.165) is 0 Å². The molecule has 110 valence electrons. The molecule has 1 aliphatic rings. The van der Waals surface area contributed by atoms with Crippen molar-refractivity contribution in [2.45, 2.75) is 22.8 Å². The van der Waals surface area contributed by atoms with E-state index in [0.29, 0.717) is 6.54 Å². The smallest absolute Gasteiger partial charge is 0.104 e. The van der Waals surface area contributed by atoms with Crippen molar-refractivity contribution in [1.82, 2.24) is 0 Å². The summed E-state index contributed by atoms with van der Waals surface area (Å²) in [6.45, 7) is 2.73. The van der Waals surface area contributed by atoms with E-state index in [1.165, 1.54) is 21.2 Å². The molecule has 0 saturated heterocycles. The first-order valence-corrected chi connectivity index (χ1v) is 7.96. The summed E-state index contributed by atoms with van der Waals surface area (Å²) in [5.41, 5.74) is 2.39. The molecule has 0 saturated carbocycles. The average molecular weight is 300 g/mol. The quantitative estimate of drug-likeness (QED) is 0.626. The highest BCUT2D eigenvalue weighted by Crippen LogP contribution is 2.47. The molecule has 4 heteroatoms. The molecule has 2 aromatic carbocycles. The fourth-order valence-corrected chi connectivity index (χ4v) is 3.53. The zero-order valence-corrected chi connectivity index (χ0v) is 13.4. The molecule has 0 aliphatic carbocycles. The van der Waals surface area contributed by atoms with Crippen LogP contribution in [0.1, 0.15) is 6.92 Å². The van der Waals surface area contributed by atoms with Crippen LogP contribution in [-0.4, -0.2) is 31.3 Å². The Morgan fingerprint density at radius 1 is 1.00 bits per heavy atom. The Bertz CT molecular complexity index is 606. The van der Waals surface area contributed by atoms with E-state index in [1.807, 2.05) is 6.92 Å². The van der Waals surface area contributed by atoms with Gasteiger partial charge in [-0.3, -0.25) is 0 Å². The lowest BCUT2D eigenvalue weighted by atomic mass is 10.2. The second kappa shape index (κ2) is 5.37. The van der Waals surface area contributed by atoms with Crippen LogP contribution in [0.4, 0.5) is 11.4 Å². The van der Waals surface area contributed by atoms with Gasteiger partial charge in [-0.05, 0) is 31.2 Å². The standard InChI is InChI=1S/C17H20N2OS/c1-13(19(2,3)20)12-18-14-8-4-6-10-16(14)21-17-11-7-5-9-15(17)18/h4-11,13H,12H2,1-3H3. The van der Waals surface area contributed by atoms with Crippen molar-refractivity contribution in [1.29, 1.82) is 0 Å². The number of rotatable bonds is 3. The molecule has 21 heavy (non-hydrogen) atoms. The summed E-state index contributed by atoms with van der Waals surface area (Å²) in [5, 5.41) is 12.2. The van der Waals surface area contributed by atoms with Gasteiger partial charge in [-0.2, -0.15) is 0 Å². The van der Waals surface area contributed by atoms with E-state index in [1.54, 1.807) is 25.9 Å². The van der Waals surface area contributed by atoms with Crippen molar-refractivity contribution in [2.24, 2.45) is 0 Å². The lowest BCUT2D eigenvalue weighted by Gasteiger charge is -2.43. The second-order valence-corrected chi connectivity index (χ2v) is 7.02. The minimum absolute atomic E-state index is 0.00536. The van der Waals surface area contributed by atoms with Gasteiger partial charge in [-0.1, -0.05) is 36.0 Å². The summed E-state index contributed by atoms with van der Waals surface area (Å²) < 4.78 is -0.284. The number of benzene rings is 2. The summed E-state index contributed by atoms with van der Waals surface area (Å²) in [7, 11) is 3.42. The molecule has 0 radical (unpaired) electrons. The molecular weight excluding hydrogens is 280 g/mol. The molecule has 0 amide bonds. The Morgan fingerprint density at radius 3 is 1.95 bits per heavy atom. The normalized spacial score (nSPS) is 15.3. The fourth-order valence-electron chi connectivity index (χ4n) is 2.44. The van der Waals surface area contributed by atoms with Crippen LogP contribution in [0.5, 0.6) is 0 Å². The monoisotopic (exact) mass is 300 g/mol. The Kier molecular flexibility index (Phi) is 3.69. The van der Waals surface area contributed by atoms with Crippen molar-refractivity contribution < 1.29 is 4.65 Å². The van der Waals surface area contributed by atoms with Crippen LogP contribution in [0, 0.1) is 5.21 Å². The van der Waals surface area contributed by atoms with E-state index < -0.39 is 0 Å². The molecule has 0 bridgehead atoms. The average Bonchev–Trinajstić information content (AvgIpc) is 2.46. The van der Waals surface area contributed by atoms with Crippen LogP contribution in [0.15, 0.2) is 58.3 Å². The van der Waals surface area contributed by atoms with E-state index in [2.05, 4.69) is 53.4 Å². The predicted octanol–water partition coefficient (Wildman–Crippen LogP) is 4.25. The number of hydrogen-bond donors (Lipinski definition) is 0. The van der Waals surface area contributed by atoms with Gasteiger partial charge in [-0.25, -0.2) is 0 Å². The molecular formula is C17H20N2OS. The minimum Gasteiger partial charge on any atom is -0.633 e. The number of fused-ring (bicyclic) bond motifs is 2. The SMILES string of the molecule is CC(CN1c2ccccc2Sc2ccccc21)[N+](C)(C)[O-]. The predicted molar refractivity (Wildman–Crippen MR) is 89.0 cm³/mol. The van der Waals surface area contributed by atoms with E-state index >= 15 is 0 Å². The molecule has 0 N–H and O–H groups in total. The Hall–Kier alpha value is -1.49. The molecule has 2 aromatic rings. The van der Waals surface area contributed by atoms with Gasteiger partial charge in [0.1, 0.15) is 6.04 Å². The van der Waals surface area contributed by atoms with Gasteiger partial charge in [0.05, 0.1) is 32.0 Å². The highest BCUT2D eigenvalue weighted by Gasteiger charge is 2.26. The van der Waals surface area contributed by atoms with Gasteiger partial charge in [-0.15, -0.1) is 0 Å². The topological polar surface area (TPSA) is 26.3 Å². The largest absolute Gasteiger partial charge is 0.633 e. The van der Waals surface area contributed by atoms with Gasteiger partial charge >= 0.3 is 0 Å². The first-order valence-electron chi connectivity index (χ1n) is 7.15. The molecule has 1 aliphatic heterocycles. The number of nitrogens with zero attached hydrogens (tertiary/aromatic N) is 2. The number of quaternary nitrogens is 1. The van der Waals surface area contributed by atoms with Crippen molar-refractivity contribution in [3.63, 3.8) is 0 Å². The van der Waals surface area contributed by atoms with E-state index in [4.69, 9.17) is 0 Å². The summed E-state index contributed by atoms with van der Waals surface area (Å²) >= 11 is 1.80. The number of hydrogen-bond acceptors (Lipinski definition) is 3.